The largest absolute Gasteiger partial charge is 0.372 e. The maximum Gasteiger partial charge on any atom is 0.0707 e. The van der Waals surface area contributed by atoms with E-state index in [-0.39, 0.29) is 0 Å². The van der Waals surface area contributed by atoms with E-state index in [0.717, 1.165) is 12.5 Å². The first-order valence-corrected chi connectivity index (χ1v) is 7.39. The van der Waals surface area contributed by atoms with E-state index in [0.29, 0.717) is 12.2 Å². The van der Waals surface area contributed by atoms with Gasteiger partial charge in [0.2, 0.25) is 0 Å². The predicted octanol–water partition coefficient (Wildman–Crippen LogP) is 2.00. The third-order valence-electron chi connectivity index (χ3n) is 4.36. The molecular weight excluding hydrogens is 212 g/mol. The summed E-state index contributed by atoms with van der Waals surface area (Å²) >= 11 is 0. The average Bonchev–Trinajstić information content (AvgIpc) is 2.67. The van der Waals surface area contributed by atoms with Crippen molar-refractivity contribution >= 4 is 0 Å². The lowest BCUT2D eigenvalue weighted by molar-refractivity contribution is -0.0387. The van der Waals surface area contributed by atoms with Crippen molar-refractivity contribution in [3.05, 3.63) is 0 Å². The van der Waals surface area contributed by atoms with Crippen LogP contribution in [0, 0.1) is 5.92 Å². The van der Waals surface area contributed by atoms with Crippen molar-refractivity contribution in [3.63, 3.8) is 0 Å². The summed E-state index contributed by atoms with van der Waals surface area (Å²) < 4.78 is 5.86. The fourth-order valence-corrected chi connectivity index (χ4v) is 3.27. The van der Waals surface area contributed by atoms with Gasteiger partial charge in [-0.2, -0.15) is 0 Å². The van der Waals surface area contributed by atoms with Gasteiger partial charge in [0.15, 0.2) is 0 Å². The standard InChI is InChI=1S/C14H28N2O/c1-2-12(7-8-15)4-3-9-16-10-13-5-6-14(11-16)17-13/h12-14H,2-11,15H2,1H3. The van der Waals surface area contributed by atoms with E-state index in [1.54, 1.807) is 0 Å². The summed E-state index contributed by atoms with van der Waals surface area (Å²) in [6.45, 7) is 6.74. The molecule has 2 aliphatic rings. The molecule has 100 valence electrons. The van der Waals surface area contributed by atoms with E-state index >= 15 is 0 Å². The summed E-state index contributed by atoms with van der Waals surface area (Å²) in [5.41, 5.74) is 5.64. The number of fused-ring (bicyclic) bond motifs is 2. The molecule has 2 saturated heterocycles. The Morgan fingerprint density at radius 3 is 2.53 bits per heavy atom. The number of likely N-dealkylation sites (tertiary alicyclic amines) is 1. The lowest BCUT2D eigenvalue weighted by atomic mass is 9.96. The SMILES string of the molecule is CCC(CCN)CCCN1CC2CCC(C1)O2. The molecule has 3 atom stereocenters. The molecule has 0 aromatic heterocycles. The lowest BCUT2D eigenvalue weighted by Crippen LogP contribution is -2.42. The fraction of sp³-hybridized carbons (Fsp3) is 1.00. The second-order valence-corrected chi connectivity index (χ2v) is 5.71. The molecular formula is C14H28N2O. The van der Waals surface area contributed by atoms with Crippen LogP contribution in [0.2, 0.25) is 0 Å². The zero-order chi connectivity index (χ0) is 12.1. The van der Waals surface area contributed by atoms with Crippen LogP contribution in [0.25, 0.3) is 0 Å². The molecule has 0 aliphatic carbocycles. The van der Waals surface area contributed by atoms with Crippen LogP contribution in [0.3, 0.4) is 0 Å². The minimum Gasteiger partial charge on any atom is -0.372 e. The summed E-state index contributed by atoms with van der Waals surface area (Å²) in [6.07, 6.45) is 8.81. The number of nitrogens with zero attached hydrogens (tertiary/aromatic N) is 1. The molecule has 2 aliphatic heterocycles. The molecule has 0 aromatic rings. The molecule has 0 radical (unpaired) electrons. The summed E-state index contributed by atoms with van der Waals surface area (Å²) in [7, 11) is 0. The van der Waals surface area contributed by atoms with Gasteiger partial charge in [0.1, 0.15) is 0 Å². The van der Waals surface area contributed by atoms with E-state index < -0.39 is 0 Å². The van der Waals surface area contributed by atoms with Gasteiger partial charge in [0.05, 0.1) is 12.2 Å². The summed E-state index contributed by atoms with van der Waals surface area (Å²) in [5, 5.41) is 0. The Morgan fingerprint density at radius 2 is 1.94 bits per heavy atom. The van der Waals surface area contributed by atoms with Crippen LogP contribution in [-0.4, -0.2) is 43.3 Å². The molecule has 0 spiro atoms. The quantitative estimate of drug-likeness (QED) is 0.740. The van der Waals surface area contributed by atoms with Gasteiger partial charge in [0.25, 0.3) is 0 Å². The molecule has 2 heterocycles. The minimum atomic E-state index is 0.541. The first kappa shape index (κ1) is 13.3. The highest BCUT2D eigenvalue weighted by molar-refractivity contribution is 4.84. The average molecular weight is 240 g/mol. The maximum atomic E-state index is 5.86. The smallest absolute Gasteiger partial charge is 0.0707 e. The molecule has 17 heavy (non-hydrogen) atoms. The van der Waals surface area contributed by atoms with Gasteiger partial charge < -0.3 is 10.5 Å². The van der Waals surface area contributed by atoms with E-state index in [2.05, 4.69) is 11.8 Å². The van der Waals surface area contributed by atoms with Gasteiger partial charge in [-0.25, -0.2) is 0 Å². The first-order chi connectivity index (χ1) is 8.31. The summed E-state index contributed by atoms with van der Waals surface area (Å²) in [4.78, 5) is 2.61. The summed E-state index contributed by atoms with van der Waals surface area (Å²) in [6, 6.07) is 0. The van der Waals surface area contributed by atoms with Crippen molar-refractivity contribution < 1.29 is 4.74 Å². The Bertz CT molecular complexity index is 210. The monoisotopic (exact) mass is 240 g/mol. The van der Waals surface area contributed by atoms with Gasteiger partial charge in [0, 0.05) is 13.1 Å². The van der Waals surface area contributed by atoms with E-state index in [9.17, 15) is 0 Å². The fourth-order valence-electron chi connectivity index (χ4n) is 3.27. The topological polar surface area (TPSA) is 38.5 Å². The van der Waals surface area contributed by atoms with Crippen LogP contribution in [-0.2, 0) is 4.74 Å². The van der Waals surface area contributed by atoms with Crippen LogP contribution in [0.5, 0.6) is 0 Å². The van der Waals surface area contributed by atoms with Gasteiger partial charge in [-0.15, -0.1) is 0 Å². The first-order valence-electron chi connectivity index (χ1n) is 7.39. The van der Waals surface area contributed by atoms with Gasteiger partial charge in [-0.05, 0) is 51.1 Å². The van der Waals surface area contributed by atoms with E-state index in [1.165, 1.54) is 58.2 Å². The van der Waals surface area contributed by atoms with Crippen molar-refractivity contribution in [3.8, 4) is 0 Å². The van der Waals surface area contributed by atoms with Crippen molar-refractivity contribution in [1.29, 1.82) is 0 Å². The van der Waals surface area contributed by atoms with Gasteiger partial charge >= 0.3 is 0 Å². The molecule has 0 amide bonds. The Hall–Kier alpha value is -0.120. The van der Waals surface area contributed by atoms with Crippen LogP contribution in [0.4, 0.5) is 0 Å². The maximum absolute atomic E-state index is 5.86. The molecule has 2 rings (SSSR count). The normalized spacial score (nSPS) is 30.7. The second kappa shape index (κ2) is 6.72. The Kier molecular flexibility index (Phi) is 5.26. The molecule has 0 aromatic carbocycles. The van der Waals surface area contributed by atoms with Gasteiger partial charge in [-0.3, -0.25) is 4.90 Å². The number of nitrogens with two attached hydrogens (primary N) is 1. The molecule has 3 heteroatoms. The highest BCUT2D eigenvalue weighted by Crippen LogP contribution is 2.26. The Labute approximate surface area is 106 Å². The molecule has 3 unspecified atom stereocenters. The molecule has 2 N–H and O–H groups in total. The van der Waals surface area contributed by atoms with E-state index in [4.69, 9.17) is 10.5 Å². The third-order valence-corrected chi connectivity index (χ3v) is 4.36. The third kappa shape index (κ3) is 3.94. The minimum absolute atomic E-state index is 0.541. The van der Waals surface area contributed by atoms with Crippen molar-refractivity contribution in [2.75, 3.05) is 26.2 Å². The van der Waals surface area contributed by atoms with Gasteiger partial charge in [-0.1, -0.05) is 13.3 Å². The number of hydrogen-bond acceptors (Lipinski definition) is 3. The predicted molar refractivity (Wildman–Crippen MR) is 71.0 cm³/mol. The highest BCUT2D eigenvalue weighted by Gasteiger charge is 2.33. The van der Waals surface area contributed by atoms with Crippen molar-refractivity contribution in [2.45, 2.75) is 57.7 Å². The van der Waals surface area contributed by atoms with Crippen LogP contribution >= 0.6 is 0 Å². The molecule has 0 saturated carbocycles. The molecule has 2 bridgehead atoms. The molecule has 3 nitrogen and oxygen atoms in total. The summed E-state index contributed by atoms with van der Waals surface area (Å²) in [5.74, 6) is 0.845. The van der Waals surface area contributed by atoms with Crippen LogP contribution in [0.1, 0.15) is 45.4 Å². The second-order valence-electron chi connectivity index (χ2n) is 5.71. The number of rotatable bonds is 7. The highest BCUT2D eigenvalue weighted by atomic mass is 16.5. The number of hydrogen-bond donors (Lipinski definition) is 1. The molecule has 2 fully saturated rings. The van der Waals surface area contributed by atoms with Crippen LogP contribution in [0.15, 0.2) is 0 Å². The Balaban J connectivity index is 1.61. The van der Waals surface area contributed by atoms with E-state index in [1.807, 2.05) is 0 Å². The zero-order valence-corrected chi connectivity index (χ0v) is 11.2. The number of morpholine rings is 1. The van der Waals surface area contributed by atoms with Crippen molar-refractivity contribution in [1.82, 2.24) is 4.90 Å². The van der Waals surface area contributed by atoms with Crippen molar-refractivity contribution in [2.24, 2.45) is 11.7 Å². The number of ether oxygens (including phenoxy) is 1. The zero-order valence-electron chi connectivity index (χ0n) is 11.2. The van der Waals surface area contributed by atoms with Crippen LogP contribution < -0.4 is 5.73 Å². The lowest BCUT2D eigenvalue weighted by Gasteiger charge is -2.32. The Morgan fingerprint density at radius 1 is 1.24 bits per heavy atom.